The summed E-state index contributed by atoms with van der Waals surface area (Å²) in [5.41, 5.74) is 0. The molecule has 0 heterocycles. The third kappa shape index (κ3) is 7.97. The molecule has 0 saturated carbocycles. The number of hydrogen-bond donors (Lipinski definition) is 1. The van der Waals surface area contributed by atoms with Crippen molar-refractivity contribution in [2.45, 2.75) is 103 Å². The molecule has 6 heteroatoms. The Morgan fingerprint density at radius 1 is 0.960 bits per heavy atom. The molecule has 0 aliphatic rings. The highest BCUT2D eigenvalue weighted by Crippen LogP contribution is 2.41. The average molecular weight is 454 g/mol. The van der Waals surface area contributed by atoms with E-state index in [-0.39, 0.29) is 28.9 Å². The Kier molecular flexibility index (Phi) is 9.35. The summed E-state index contributed by atoms with van der Waals surface area (Å²) in [6.07, 6.45) is 1.24. The zero-order valence-electron chi connectivity index (χ0n) is 18.1. The fourth-order valence-corrected chi connectivity index (χ4v) is 5.13. The second-order valence-corrected chi connectivity index (χ2v) is 20.6. The van der Waals surface area contributed by atoms with Crippen molar-refractivity contribution >= 4 is 32.6 Å². The van der Waals surface area contributed by atoms with Crippen LogP contribution in [0, 0.1) is 0 Å². The van der Waals surface area contributed by atoms with E-state index in [1.807, 2.05) is 0 Å². The largest absolute Gasteiger partial charge is 0.414 e. The molecule has 0 aromatic rings. The summed E-state index contributed by atoms with van der Waals surface area (Å²) in [5, 5.41) is 9.80. The SMILES string of the molecule is C=C(Br)[C@H](C[C@H](CCO)O[Si](C)(C)C(C)(C)C)O[Si](C)(C)C(C)(C)C. The van der Waals surface area contributed by atoms with E-state index in [9.17, 15) is 5.11 Å². The van der Waals surface area contributed by atoms with Crippen molar-refractivity contribution in [3.05, 3.63) is 11.1 Å². The van der Waals surface area contributed by atoms with Gasteiger partial charge >= 0.3 is 0 Å². The summed E-state index contributed by atoms with van der Waals surface area (Å²) in [6, 6.07) is 0. The maximum absolute atomic E-state index is 9.52. The van der Waals surface area contributed by atoms with Crippen molar-refractivity contribution in [2.24, 2.45) is 0 Å². The van der Waals surface area contributed by atoms with Gasteiger partial charge in [0.15, 0.2) is 16.6 Å². The van der Waals surface area contributed by atoms with Gasteiger partial charge in [-0.1, -0.05) is 64.1 Å². The lowest BCUT2D eigenvalue weighted by Crippen LogP contribution is -2.47. The van der Waals surface area contributed by atoms with Crippen molar-refractivity contribution in [2.75, 3.05) is 6.61 Å². The third-order valence-electron chi connectivity index (χ3n) is 5.79. The van der Waals surface area contributed by atoms with Gasteiger partial charge in [0.05, 0.1) is 12.2 Å². The van der Waals surface area contributed by atoms with Gasteiger partial charge in [-0.2, -0.15) is 0 Å². The molecule has 0 fully saturated rings. The molecule has 0 radical (unpaired) electrons. The molecule has 0 bridgehead atoms. The first-order valence-electron chi connectivity index (χ1n) is 9.25. The van der Waals surface area contributed by atoms with Gasteiger partial charge in [-0.25, -0.2) is 0 Å². The molecule has 0 unspecified atom stereocenters. The van der Waals surface area contributed by atoms with Crippen LogP contribution in [0.1, 0.15) is 54.4 Å². The molecule has 0 aromatic carbocycles. The van der Waals surface area contributed by atoms with Gasteiger partial charge in [0.25, 0.3) is 0 Å². The second kappa shape index (κ2) is 9.15. The minimum absolute atomic E-state index is 0.0186. The number of aliphatic hydroxyl groups is 1. The number of aliphatic hydroxyl groups excluding tert-OH is 1. The standard InChI is InChI=1S/C19H41BrO3Si2/c1-15(20)17(23-25(10,11)19(5,6)7)14-16(12-13-21)22-24(8,9)18(2,3)4/h16-17,21H,1,12-14H2,2-11H3/t16-,17-/m0/s1. The first kappa shape index (κ1) is 25.5. The first-order valence-corrected chi connectivity index (χ1v) is 15.9. The zero-order valence-corrected chi connectivity index (χ0v) is 21.7. The van der Waals surface area contributed by atoms with Gasteiger partial charge in [0.1, 0.15) is 0 Å². The Morgan fingerprint density at radius 3 is 1.68 bits per heavy atom. The summed E-state index contributed by atoms with van der Waals surface area (Å²) in [7, 11) is -3.82. The molecule has 0 rings (SSSR count). The van der Waals surface area contributed by atoms with E-state index in [0.717, 1.165) is 10.9 Å². The summed E-state index contributed by atoms with van der Waals surface area (Å²) in [4.78, 5) is 0. The Bertz CT molecular complexity index is 437. The predicted octanol–water partition coefficient (Wildman–Crippen LogP) is 6.45. The van der Waals surface area contributed by atoms with Crippen molar-refractivity contribution in [3.8, 4) is 0 Å². The van der Waals surface area contributed by atoms with Crippen LogP contribution in [0.2, 0.25) is 36.3 Å². The zero-order chi connectivity index (χ0) is 20.3. The molecule has 0 amide bonds. The van der Waals surface area contributed by atoms with Gasteiger partial charge in [-0.05, 0) is 42.7 Å². The Morgan fingerprint density at radius 2 is 1.36 bits per heavy atom. The van der Waals surface area contributed by atoms with Crippen molar-refractivity contribution in [1.29, 1.82) is 0 Å². The van der Waals surface area contributed by atoms with Crippen LogP contribution in [0.5, 0.6) is 0 Å². The maximum atomic E-state index is 9.52. The number of halogens is 1. The minimum atomic E-state index is -1.91. The molecule has 25 heavy (non-hydrogen) atoms. The van der Waals surface area contributed by atoms with Crippen LogP contribution in [-0.4, -0.2) is 40.6 Å². The molecule has 3 nitrogen and oxygen atoms in total. The Balaban J connectivity index is 5.32. The van der Waals surface area contributed by atoms with Gasteiger partial charge in [-0.3, -0.25) is 0 Å². The van der Waals surface area contributed by atoms with Gasteiger partial charge in [0.2, 0.25) is 0 Å². The summed E-state index contributed by atoms with van der Waals surface area (Å²) in [5.74, 6) is 0. The quantitative estimate of drug-likeness (QED) is 0.408. The van der Waals surface area contributed by atoms with Crippen LogP contribution < -0.4 is 0 Å². The lowest BCUT2D eigenvalue weighted by Gasteiger charge is -2.42. The highest BCUT2D eigenvalue weighted by molar-refractivity contribution is 9.11. The molecule has 0 saturated heterocycles. The predicted molar refractivity (Wildman–Crippen MR) is 119 cm³/mol. The maximum Gasteiger partial charge on any atom is 0.192 e. The van der Waals surface area contributed by atoms with Crippen molar-refractivity contribution in [1.82, 2.24) is 0 Å². The second-order valence-electron chi connectivity index (χ2n) is 10.1. The van der Waals surface area contributed by atoms with E-state index >= 15 is 0 Å². The van der Waals surface area contributed by atoms with E-state index in [0.29, 0.717) is 6.42 Å². The van der Waals surface area contributed by atoms with E-state index in [4.69, 9.17) is 8.85 Å². The van der Waals surface area contributed by atoms with Crippen LogP contribution in [0.25, 0.3) is 0 Å². The molecule has 0 aliphatic heterocycles. The summed E-state index contributed by atoms with van der Waals surface area (Å²) >= 11 is 3.56. The molecular formula is C19H41BrO3Si2. The lowest BCUT2D eigenvalue weighted by atomic mass is 10.1. The molecule has 0 aromatic heterocycles. The van der Waals surface area contributed by atoms with Gasteiger partial charge < -0.3 is 14.0 Å². The smallest absolute Gasteiger partial charge is 0.192 e. The molecule has 2 atom stereocenters. The molecule has 0 aliphatic carbocycles. The third-order valence-corrected chi connectivity index (χ3v) is 15.3. The van der Waals surface area contributed by atoms with Crippen LogP contribution in [0.15, 0.2) is 11.1 Å². The molecular weight excluding hydrogens is 412 g/mol. The van der Waals surface area contributed by atoms with Crippen LogP contribution in [-0.2, 0) is 8.85 Å². The number of rotatable bonds is 9. The number of hydrogen-bond acceptors (Lipinski definition) is 3. The Labute approximate surface area is 167 Å². The highest BCUT2D eigenvalue weighted by atomic mass is 79.9. The minimum Gasteiger partial charge on any atom is -0.414 e. The van der Waals surface area contributed by atoms with E-state index < -0.39 is 16.6 Å². The first-order chi connectivity index (χ1) is 10.9. The van der Waals surface area contributed by atoms with E-state index in [1.54, 1.807) is 0 Å². The van der Waals surface area contributed by atoms with Crippen molar-refractivity contribution < 1.29 is 14.0 Å². The van der Waals surface area contributed by atoms with Gasteiger partial charge in [-0.15, -0.1) is 0 Å². The van der Waals surface area contributed by atoms with E-state index in [1.165, 1.54) is 0 Å². The van der Waals surface area contributed by atoms with Gasteiger partial charge in [0, 0.05) is 17.5 Å². The van der Waals surface area contributed by atoms with E-state index in [2.05, 4.69) is 90.2 Å². The topological polar surface area (TPSA) is 38.7 Å². The molecule has 0 spiro atoms. The highest BCUT2D eigenvalue weighted by Gasteiger charge is 2.42. The molecule has 1 N–H and O–H groups in total. The monoisotopic (exact) mass is 452 g/mol. The average Bonchev–Trinajstić information content (AvgIpc) is 2.34. The van der Waals surface area contributed by atoms with Crippen molar-refractivity contribution in [3.63, 3.8) is 0 Å². The normalized spacial score (nSPS) is 16.6. The Hall–Kier alpha value is 0.534. The fraction of sp³-hybridized carbons (Fsp3) is 0.895. The summed E-state index contributed by atoms with van der Waals surface area (Å²) < 4.78 is 14.0. The summed E-state index contributed by atoms with van der Waals surface area (Å²) in [6.45, 7) is 26.7. The van der Waals surface area contributed by atoms with Crippen LogP contribution >= 0.6 is 15.9 Å². The molecule has 150 valence electrons. The van der Waals surface area contributed by atoms with Crippen LogP contribution in [0.3, 0.4) is 0 Å². The lowest BCUT2D eigenvalue weighted by molar-refractivity contribution is 0.0914. The van der Waals surface area contributed by atoms with Crippen LogP contribution in [0.4, 0.5) is 0 Å². The fourth-order valence-electron chi connectivity index (χ4n) is 1.97.